The van der Waals surface area contributed by atoms with Crippen molar-refractivity contribution >= 4 is 50.5 Å². The summed E-state index contributed by atoms with van der Waals surface area (Å²) < 4.78 is 0.920. The van der Waals surface area contributed by atoms with E-state index in [9.17, 15) is 9.59 Å². The van der Waals surface area contributed by atoms with Gasteiger partial charge in [-0.3, -0.25) is 4.79 Å². The number of thiazole rings is 1. The summed E-state index contributed by atoms with van der Waals surface area (Å²) in [6.45, 7) is 1.77. The number of amides is 1. The highest BCUT2D eigenvalue weighted by Crippen LogP contribution is 2.28. The summed E-state index contributed by atoms with van der Waals surface area (Å²) in [6, 6.07) is 5.21. The van der Waals surface area contributed by atoms with Gasteiger partial charge in [-0.1, -0.05) is 0 Å². The monoisotopic (exact) mass is 318 g/mol. The zero-order valence-electron chi connectivity index (χ0n) is 10.9. The Bertz CT molecular complexity index is 851. The van der Waals surface area contributed by atoms with Gasteiger partial charge in [-0.25, -0.2) is 9.78 Å². The molecule has 2 aromatic heterocycles. The van der Waals surface area contributed by atoms with Crippen molar-refractivity contribution in [3.05, 3.63) is 45.1 Å². The number of carbonyl (C=O) groups is 2. The number of thiophene rings is 1. The molecular formula is C14H10N2O3S2. The molecule has 0 unspecified atom stereocenters. The standard InChI is InChI=1S/C14H10N2O3S2/c1-7-5-20-12(14(18)19)11(7)16-13(17)8-2-3-9-10(4-8)21-6-15-9/h2-6H,1H3,(H,16,17)(H,18,19). The van der Waals surface area contributed by atoms with Gasteiger partial charge in [0.15, 0.2) is 0 Å². The lowest BCUT2D eigenvalue weighted by Gasteiger charge is -2.06. The van der Waals surface area contributed by atoms with Gasteiger partial charge < -0.3 is 10.4 Å². The number of aryl methyl sites for hydroxylation is 1. The summed E-state index contributed by atoms with van der Waals surface area (Å²) in [5, 5.41) is 13.5. The van der Waals surface area contributed by atoms with Crippen LogP contribution in [0.25, 0.3) is 10.2 Å². The molecule has 5 nitrogen and oxygen atoms in total. The normalized spacial score (nSPS) is 10.7. The Morgan fingerprint density at radius 2 is 2.10 bits per heavy atom. The second-order valence-corrected chi connectivity index (χ2v) is 6.18. The third-order valence-corrected chi connectivity index (χ3v) is 4.88. The molecule has 0 aliphatic rings. The molecule has 0 bridgehead atoms. The summed E-state index contributed by atoms with van der Waals surface area (Å²) in [5.74, 6) is -1.37. The number of rotatable bonds is 3. The van der Waals surface area contributed by atoms with Crippen LogP contribution >= 0.6 is 22.7 Å². The molecule has 21 heavy (non-hydrogen) atoms. The fourth-order valence-electron chi connectivity index (χ4n) is 1.94. The molecule has 0 fully saturated rings. The molecule has 0 atom stereocenters. The summed E-state index contributed by atoms with van der Waals surface area (Å²) in [6.07, 6.45) is 0. The third kappa shape index (κ3) is 2.53. The molecule has 0 aliphatic heterocycles. The van der Waals surface area contributed by atoms with Crippen molar-refractivity contribution < 1.29 is 14.7 Å². The van der Waals surface area contributed by atoms with E-state index in [1.54, 1.807) is 36.0 Å². The average molecular weight is 318 g/mol. The van der Waals surface area contributed by atoms with E-state index in [4.69, 9.17) is 5.11 Å². The minimum absolute atomic E-state index is 0.139. The Morgan fingerprint density at radius 3 is 2.86 bits per heavy atom. The third-order valence-electron chi connectivity index (χ3n) is 3.00. The van der Waals surface area contributed by atoms with Crippen LogP contribution in [0.2, 0.25) is 0 Å². The van der Waals surface area contributed by atoms with E-state index in [1.807, 2.05) is 0 Å². The van der Waals surface area contributed by atoms with Crippen LogP contribution in [0.5, 0.6) is 0 Å². The van der Waals surface area contributed by atoms with E-state index < -0.39 is 5.97 Å². The first-order chi connectivity index (χ1) is 10.1. The molecule has 2 N–H and O–H groups in total. The number of anilines is 1. The van der Waals surface area contributed by atoms with Crippen molar-refractivity contribution in [1.29, 1.82) is 0 Å². The van der Waals surface area contributed by atoms with Gasteiger partial charge in [-0.05, 0) is 36.1 Å². The minimum atomic E-state index is -1.04. The number of aromatic nitrogens is 1. The zero-order valence-corrected chi connectivity index (χ0v) is 12.5. The Kier molecular flexibility index (Phi) is 3.44. The fraction of sp³-hybridized carbons (Fsp3) is 0.0714. The van der Waals surface area contributed by atoms with E-state index in [-0.39, 0.29) is 10.8 Å². The van der Waals surface area contributed by atoms with E-state index in [0.717, 1.165) is 27.1 Å². The number of benzene rings is 1. The van der Waals surface area contributed by atoms with Gasteiger partial charge in [0, 0.05) is 5.56 Å². The smallest absolute Gasteiger partial charge is 0.348 e. The number of carboxylic acid groups (broad SMARTS) is 1. The fourth-order valence-corrected chi connectivity index (χ4v) is 3.50. The Morgan fingerprint density at radius 1 is 1.29 bits per heavy atom. The Balaban J connectivity index is 1.92. The van der Waals surface area contributed by atoms with Crippen molar-refractivity contribution in [3.8, 4) is 0 Å². The molecule has 1 aromatic carbocycles. The zero-order chi connectivity index (χ0) is 15.0. The van der Waals surface area contributed by atoms with Gasteiger partial charge in [-0.2, -0.15) is 0 Å². The van der Waals surface area contributed by atoms with Gasteiger partial charge in [-0.15, -0.1) is 22.7 Å². The summed E-state index contributed by atoms with van der Waals surface area (Å²) >= 11 is 2.56. The maximum absolute atomic E-state index is 12.3. The van der Waals surface area contributed by atoms with Crippen LogP contribution in [-0.4, -0.2) is 22.0 Å². The van der Waals surface area contributed by atoms with Crippen LogP contribution in [-0.2, 0) is 0 Å². The van der Waals surface area contributed by atoms with Crippen molar-refractivity contribution in [3.63, 3.8) is 0 Å². The minimum Gasteiger partial charge on any atom is -0.477 e. The molecule has 0 aliphatic carbocycles. The highest BCUT2D eigenvalue weighted by atomic mass is 32.1. The van der Waals surface area contributed by atoms with E-state index >= 15 is 0 Å². The quantitative estimate of drug-likeness (QED) is 0.773. The number of fused-ring (bicyclic) bond motifs is 1. The van der Waals surface area contributed by atoms with Crippen LogP contribution in [0.1, 0.15) is 25.6 Å². The van der Waals surface area contributed by atoms with Crippen LogP contribution in [0.4, 0.5) is 5.69 Å². The summed E-state index contributed by atoms with van der Waals surface area (Å²) in [7, 11) is 0. The predicted octanol–water partition coefficient (Wildman–Crippen LogP) is 3.62. The average Bonchev–Trinajstić information content (AvgIpc) is 3.05. The van der Waals surface area contributed by atoms with Crippen molar-refractivity contribution in [2.45, 2.75) is 6.92 Å². The molecule has 0 spiro atoms. The Hall–Kier alpha value is -2.25. The van der Waals surface area contributed by atoms with Gasteiger partial charge in [0.2, 0.25) is 0 Å². The number of carbonyl (C=O) groups excluding carboxylic acids is 1. The SMILES string of the molecule is Cc1csc(C(=O)O)c1NC(=O)c1ccc2ncsc2c1. The summed E-state index contributed by atoms with van der Waals surface area (Å²) in [4.78, 5) is 27.7. The molecule has 106 valence electrons. The van der Waals surface area contributed by atoms with Gasteiger partial charge >= 0.3 is 5.97 Å². The second kappa shape index (κ2) is 5.27. The summed E-state index contributed by atoms with van der Waals surface area (Å²) in [5.41, 5.74) is 4.15. The van der Waals surface area contributed by atoms with Gasteiger partial charge in [0.1, 0.15) is 4.88 Å². The lowest BCUT2D eigenvalue weighted by atomic mass is 10.2. The molecule has 0 saturated heterocycles. The Labute approximate surface area is 127 Å². The number of nitrogens with zero attached hydrogens (tertiary/aromatic N) is 1. The van der Waals surface area contributed by atoms with Gasteiger partial charge in [0.25, 0.3) is 5.91 Å². The predicted molar refractivity (Wildman–Crippen MR) is 83.6 cm³/mol. The maximum Gasteiger partial charge on any atom is 0.348 e. The first kappa shape index (κ1) is 13.7. The van der Waals surface area contributed by atoms with Crippen LogP contribution in [0.15, 0.2) is 29.1 Å². The van der Waals surface area contributed by atoms with E-state index in [1.165, 1.54) is 11.3 Å². The van der Waals surface area contributed by atoms with Crippen LogP contribution in [0.3, 0.4) is 0 Å². The van der Waals surface area contributed by atoms with Crippen LogP contribution in [0, 0.1) is 6.92 Å². The lowest BCUT2D eigenvalue weighted by Crippen LogP contribution is -2.14. The lowest BCUT2D eigenvalue weighted by molar-refractivity contribution is 0.0703. The van der Waals surface area contributed by atoms with Gasteiger partial charge in [0.05, 0.1) is 21.4 Å². The highest BCUT2D eigenvalue weighted by Gasteiger charge is 2.18. The topological polar surface area (TPSA) is 79.3 Å². The maximum atomic E-state index is 12.3. The molecular weight excluding hydrogens is 308 g/mol. The van der Waals surface area contributed by atoms with E-state index in [2.05, 4.69) is 10.3 Å². The van der Waals surface area contributed by atoms with E-state index in [0.29, 0.717) is 11.3 Å². The molecule has 0 saturated carbocycles. The number of carboxylic acids is 1. The molecule has 7 heteroatoms. The first-order valence-electron chi connectivity index (χ1n) is 6.02. The van der Waals surface area contributed by atoms with Crippen molar-refractivity contribution in [2.24, 2.45) is 0 Å². The second-order valence-electron chi connectivity index (χ2n) is 4.42. The number of hydrogen-bond donors (Lipinski definition) is 2. The van der Waals surface area contributed by atoms with Crippen LogP contribution < -0.4 is 5.32 Å². The van der Waals surface area contributed by atoms with Crippen molar-refractivity contribution in [2.75, 3.05) is 5.32 Å². The van der Waals surface area contributed by atoms with Crippen molar-refractivity contribution in [1.82, 2.24) is 4.98 Å². The largest absolute Gasteiger partial charge is 0.477 e. The number of nitrogens with one attached hydrogen (secondary N) is 1. The molecule has 3 rings (SSSR count). The number of hydrogen-bond acceptors (Lipinski definition) is 5. The molecule has 1 amide bonds. The molecule has 0 radical (unpaired) electrons. The molecule has 2 heterocycles. The first-order valence-corrected chi connectivity index (χ1v) is 7.78. The number of aromatic carboxylic acids is 1. The highest BCUT2D eigenvalue weighted by molar-refractivity contribution is 7.16. The molecule has 3 aromatic rings.